The maximum atomic E-state index is 14.1. The van der Waals surface area contributed by atoms with Crippen molar-refractivity contribution in [2.75, 3.05) is 25.1 Å². The SMILES string of the molecule is COc1cccc(C(=O)NC2CCCN(c3cc(C)ccc3F)C2)c1. The number of nitrogens with one attached hydrogen (secondary N) is 1. The van der Waals surface area contributed by atoms with Gasteiger partial charge in [-0.2, -0.15) is 0 Å². The molecule has 5 heteroatoms. The fourth-order valence-electron chi connectivity index (χ4n) is 3.21. The number of nitrogens with zero attached hydrogens (tertiary/aromatic N) is 1. The lowest BCUT2D eigenvalue weighted by Gasteiger charge is -2.35. The van der Waals surface area contributed by atoms with E-state index in [9.17, 15) is 9.18 Å². The Morgan fingerprint density at radius 1 is 1.28 bits per heavy atom. The third-order valence-electron chi connectivity index (χ3n) is 4.53. The molecule has 25 heavy (non-hydrogen) atoms. The summed E-state index contributed by atoms with van der Waals surface area (Å²) in [4.78, 5) is 14.5. The lowest BCUT2D eigenvalue weighted by Crippen LogP contribution is -2.48. The summed E-state index contributed by atoms with van der Waals surface area (Å²) in [5, 5.41) is 3.06. The second kappa shape index (κ2) is 7.55. The van der Waals surface area contributed by atoms with E-state index in [0.29, 0.717) is 23.5 Å². The molecule has 0 aromatic heterocycles. The molecule has 4 nitrogen and oxygen atoms in total. The largest absolute Gasteiger partial charge is 0.497 e. The first-order valence-electron chi connectivity index (χ1n) is 8.53. The number of rotatable bonds is 4. The van der Waals surface area contributed by atoms with Crippen LogP contribution in [0.5, 0.6) is 5.75 Å². The molecule has 0 spiro atoms. The van der Waals surface area contributed by atoms with Crippen molar-refractivity contribution in [1.82, 2.24) is 5.32 Å². The van der Waals surface area contributed by atoms with Crippen molar-refractivity contribution >= 4 is 11.6 Å². The first kappa shape index (κ1) is 17.3. The molecule has 3 rings (SSSR count). The van der Waals surface area contributed by atoms with Crippen molar-refractivity contribution in [3.8, 4) is 5.75 Å². The van der Waals surface area contributed by atoms with Gasteiger partial charge in [-0.3, -0.25) is 4.79 Å². The molecule has 1 aliphatic rings. The van der Waals surface area contributed by atoms with Gasteiger partial charge in [-0.05, 0) is 55.7 Å². The van der Waals surface area contributed by atoms with Crippen LogP contribution in [0.15, 0.2) is 42.5 Å². The number of benzene rings is 2. The van der Waals surface area contributed by atoms with E-state index in [0.717, 1.165) is 24.9 Å². The second-order valence-electron chi connectivity index (χ2n) is 6.45. The number of hydrogen-bond donors (Lipinski definition) is 1. The number of piperidine rings is 1. The summed E-state index contributed by atoms with van der Waals surface area (Å²) in [6, 6.07) is 12.2. The maximum absolute atomic E-state index is 14.1. The highest BCUT2D eigenvalue weighted by atomic mass is 19.1. The van der Waals surface area contributed by atoms with Crippen LogP contribution in [0.4, 0.5) is 10.1 Å². The molecule has 1 saturated heterocycles. The second-order valence-corrected chi connectivity index (χ2v) is 6.45. The summed E-state index contributed by atoms with van der Waals surface area (Å²) in [7, 11) is 1.58. The highest BCUT2D eigenvalue weighted by molar-refractivity contribution is 5.94. The number of amides is 1. The van der Waals surface area contributed by atoms with E-state index in [1.54, 1.807) is 37.4 Å². The summed E-state index contributed by atoms with van der Waals surface area (Å²) in [6.07, 6.45) is 1.80. The minimum atomic E-state index is -0.217. The zero-order valence-electron chi connectivity index (χ0n) is 14.6. The van der Waals surface area contributed by atoms with E-state index >= 15 is 0 Å². The average Bonchev–Trinajstić information content (AvgIpc) is 2.64. The third-order valence-corrected chi connectivity index (χ3v) is 4.53. The summed E-state index contributed by atoms with van der Waals surface area (Å²) in [5.74, 6) is 0.306. The van der Waals surface area contributed by atoms with Crippen LogP contribution in [0.25, 0.3) is 0 Å². The van der Waals surface area contributed by atoms with Crippen molar-refractivity contribution in [2.24, 2.45) is 0 Å². The smallest absolute Gasteiger partial charge is 0.251 e. The van der Waals surface area contributed by atoms with E-state index in [-0.39, 0.29) is 17.8 Å². The van der Waals surface area contributed by atoms with Crippen LogP contribution in [-0.4, -0.2) is 32.1 Å². The number of anilines is 1. The number of hydrogen-bond acceptors (Lipinski definition) is 3. The Bertz CT molecular complexity index is 763. The van der Waals surface area contributed by atoms with E-state index in [4.69, 9.17) is 4.74 Å². The van der Waals surface area contributed by atoms with Gasteiger partial charge in [0.2, 0.25) is 0 Å². The maximum Gasteiger partial charge on any atom is 0.251 e. The topological polar surface area (TPSA) is 41.6 Å². The monoisotopic (exact) mass is 342 g/mol. The number of carbonyl (C=O) groups excluding carboxylic acids is 1. The Morgan fingerprint density at radius 2 is 2.12 bits per heavy atom. The van der Waals surface area contributed by atoms with E-state index in [2.05, 4.69) is 5.32 Å². The van der Waals surface area contributed by atoms with Crippen molar-refractivity contribution < 1.29 is 13.9 Å². The Morgan fingerprint density at radius 3 is 2.92 bits per heavy atom. The van der Waals surface area contributed by atoms with Gasteiger partial charge in [0, 0.05) is 24.7 Å². The molecule has 1 fully saturated rings. The molecule has 1 aliphatic heterocycles. The molecule has 132 valence electrons. The van der Waals surface area contributed by atoms with Crippen molar-refractivity contribution in [3.63, 3.8) is 0 Å². The first-order valence-corrected chi connectivity index (χ1v) is 8.53. The minimum Gasteiger partial charge on any atom is -0.497 e. The molecule has 1 atom stereocenters. The lowest BCUT2D eigenvalue weighted by atomic mass is 10.0. The summed E-state index contributed by atoms with van der Waals surface area (Å²) in [6.45, 7) is 3.36. The van der Waals surface area contributed by atoms with Crippen LogP contribution in [0, 0.1) is 12.7 Å². The Balaban J connectivity index is 1.69. The van der Waals surface area contributed by atoms with Gasteiger partial charge in [0.05, 0.1) is 12.8 Å². The fourth-order valence-corrected chi connectivity index (χ4v) is 3.21. The van der Waals surface area contributed by atoms with E-state index < -0.39 is 0 Å². The molecule has 1 amide bonds. The zero-order chi connectivity index (χ0) is 17.8. The molecule has 0 aliphatic carbocycles. The quantitative estimate of drug-likeness (QED) is 0.924. The van der Waals surface area contributed by atoms with Gasteiger partial charge in [-0.1, -0.05) is 12.1 Å². The van der Waals surface area contributed by atoms with Crippen molar-refractivity contribution in [3.05, 3.63) is 59.4 Å². The molecule has 0 saturated carbocycles. The van der Waals surface area contributed by atoms with Gasteiger partial charge in [0.15, 0.2) is 0 Å². The molecule has 1 heterocycles. The van der Waals surface area contributed by atoms with E-state index in [1.165, 1.54) is 6.07 Å². The molecule has 2 aromatic rings. The lowest BCUT2D eigenvalue weighted by molar-refractivity contribution is 0.0933. The van der Waals surface area contributed by atoms with Crippen LogP contribution < -0.4 is 15.0 Å². The van der Waals surface area contributed by atoms with Crippen molar-refractivity contribution in [2.45, 2.75) is 25.8 Å². The Labute approximate surface area is 147 Å². The average molecular weight is 342 g/mol. The van der Waals surface area contributed by atoms with Crippen LogP contribution in [0.2, 0.25) is 0 Å². The summed E-state index contributed by atoms with van der Waals surface area (Å²) >= 11 is 0. The molecule has 0 radical (unpaired) electrons. The molecular formula is C20H23FN2O2. The number of aryl methyl sites for hydroxylation is 1. The predicted octanol–water partition coefficient (Wildman–Crippen LogP) is 3.54. The fraction of sp³-hybridized carbons (Fsp3) is 0.350. The van der Waals surface area contributed by atoms with Gasteiger partial charge in [0.25, 0.3) is 5.91 Å². The van der Waals surface area contributed by atoms with Gasteiger partial charge >= 0.3 is 0 Å². The number of carbonyl (C=O) groups is 1. The molecular weight excluding hydrogens is 319 g/mol. The third kappa shape index (κ3) is 4.10. The van der Waals surface area contributed by atoms with Crippen LogP contribution in [-0.2, 0) is 0 Å². The van der Waals surface area contributed by atoms with Gasteiger partial charge in [0.1, 0.15) is 11.6 Å². The highest BCUT2D eigenvalue weighted by Crippen LogP contribution is 2.24. The van der Waals surface area contributed by atoms with Crippen LogP contribution >= 0.6 is 0 Å². The number of ether oxygens (including phenoxy) is 1. The van der Waals surface area contributed by atoms with Gasteiger partial charge in [-0.25, -0.2) is 4.39 Å². The standard InChI is InChI=1S/C20H23FN2O2/c1-14-8-9-18(21)19(11-14)23-10-4-6-16(13-23)22-20(24)15-5-3-7-17(12-15)25-2/h3,5,7-9,11-12,16H,4,6,10,13H2,1-2H3,(H,22,24). The minimum absolute atomic E-state index is 0.00707. The van der Waals surface area contributed by atoms with Crippen LogP contribution in [0.1, 0.15) is 28.8 Å². The Hall–Kier alpha value is -2.56. The van der Waals surface area contributed by atoms with Gasteiger partial charge < -0.3 is 15.0 Å². The number of methoxy groups -OCH3 is 1. The van der Waals surface area contributed by atoms with Crippen LogP contribution in [0.3, 0.4) is 0 Å². The van der Waals surface area contributed by atoms with Gasteiger partial charge in [-0.15, -0.1) is 0 Å². The number of halogens is 1. The predicted molar refractivity (Wildman–Crippen MR) is 96.8 cm³/mol. The summed E-state index contributed by atoms with van der Waals surface area (Å²) < 4.78 is 19.3. The first-order chi connectivity index (χ1) is 12.1. The zero-order valence-corrected chi connectivity index (χ0v) is 14.6. The summed E-state index contributed by atoms with van der Waals surface area (Å²) in [5.41, 5.74) is 2.21. The molecule has 1 N–H and O–H groups in total. The highest BCUT2D eigenvalue weighted by Gasteiger charge is 2.24. The molecule has 0 bridgehead atoms. The van der Waals surface area contributed by atoms with E-state index in [1.807, 2.05) is 17.9 Å². The normalized spacial score (nSPS) is 17.2. The molecule has 1 unspecified atom stereocenters. The van der Waals surface area contributed by atoms with Crippen molar-refractivity contribution in [1.29, 1.82) is 0 Å². The Kier molecular flexibility index (Phi) is 5.22. The molecule has 2 aromatic carbocycles.